The zero-order chi connectivity index (χ0) is 9.97. The molecule has 0 fully saturated rings. The minimum absolute atomic E-state index is 0.851. The smallest absolute Gasteiger partial charge is 0.167 e. The van der Waals surface area contributed by atoms with Gasteiger partial charge in [-0.05, 0) is 12.5 Å². The molecule has 1 aromatic heterocycles. The molecule has 0 amide bonds. The summed E-state index contributed by atoms with van der Waals surface area (Å²) in [5, 5.41) is 3.04. The molecule has 0 saturated carbocycles. The van der Waals surface area contributed by atoms with E-state index in [1.807, 2.05) is 19.2 Å². The summed E-state index contributed by atoms with van der Waals surface area (Å²) in [7, 11) is 1.86. The van der Waals surface area contributed by atoms with Crippen LogP contribution in [0.25, 0.3) is 11.3 Å². The topological polar surface area (TPSA) is 37.8 Å². The minimum atomic E-state index is 0.851. The first-order chi connectivity index (χ1) is 6.83. The van der Waals surface area contributed by atoms with E-state index in [1.54, 1.807) is 0 Å². The largest absolute Gasteiger partial charge is 0.370 e. The number of nitrogens with zero attached hydrogens (tertiary/aromatic N) is 2. The molecule has 3 nitrogen and oxygen atoms in total. The third kappa shape index (κ3) is 1.48. The van der Waals surface area contributed by atoms with Gasteiger partial charge < -0.3 is 5.32 Å². The molecule has 0 unspecified atom stereocenters. The Labute approximate surface area is 87.1 Å². The Morgan fingerprint density at radius 3 is 2.71 bits per heavy atom. The van der Waals surface area contributed by atoms with Gasteiger partial charge >= 0.3 is 0 Å². The molecule has 4 heteroatoms. The molecule has 2 aromatic rings. The summed E-state index contributed by atoms with van der Waals surface area (Å²) in [6, 6.07) is 8.18. The van der Waals surface area contributed by atoms with Gasteiger partial charge in [0, 0.05) is 12.6 Å². The normalized spacial score (nSPS) is 10.1. The standard InChI is InChI=1S/C10H11N3S/c1-7-5-3-4-6-8(7)9-10(11-2)13-14-12-9/h3-6H,1-2H3,(H,11,13). The molecule has 0 radical (unpaired) electrons. The number of aromatic nitrogens is 2. The van der Waals surface area contributed by atoms with Crippen molar-refractivity contribution in [1.82, 2.24) is 8.75 Å². The average Bonchev–Trinajstić information content (AvgIpc) is 2.66. The highest BCUT2D eigenvalue weighted by molar-refractivity contribution is 6.99. The van der Waals surface area contributed by atoms with E-state index in [9.17, 15) is 0 Å². The average molecular weight is 205 g/mol. The van der Waals surface area contributed by atoms with E-state index in [-0.39, 0.29) is 0 Å². The van der Waals surface area contributed by atoms with Crippen molar-refractivity contribution in [2.75, 3.05) is 12.4 Å². The van der Waals surface area contributed by atoms with Gasteiger partial charge in [0.2, 0.25) is 0 Å². The van der Waals surface area contributed by atoms with Gasteiger partial charge in [-0.2, -0.15) is 8.75 Å². The van der Waals surface area contributed by atoms with Gasteiger partial charge in [0.25, 0.3) is 0 Å². The van der Waals surface area contributed by atoms with Gasteiger partial charge in [0.1, 0.15) is 5.69 Å². The van der Waals surface area contributed by atoms with Crippen LogP contribution in [0.5, 0.6) is 0 Å². The second-order valence-corrected chi connectivity index (χ2v) is 3.55. The monoisotopic (exact) mass is 205 g/mol. The lowest BCUT2D eigenvalue weighted by molar-refractivity contribution is 1.38. The van der Waals surface area contributed by atoms with Gasteiger partial charge in [-0.1, -0.05) is 24.3 Å². The highest BCUT2D eigenvalue weighted by atomic mass is 32.1. The van der Waals surface area contributed by atoms with Crippen LogP contribution >= 0.6 is 11.7 Å². The molecule has 1 heterocycles. The molecule has 2 rings (SSSR count). The molecule has 0 aliphatic carbocycles. The summed E-state index contributed by atoms with van der Waals surface area (Å²) < 4.78 is 8.46. The lowest BCUT2D eigenvalue weighted by Crippen LogP contribution is -1.92. The molecule has 14 heavy (non-hydrogen) atoms. The maximum Gasteiger partial charge on any atom is 0.167 e. The molecular weight excluding hydrogens is 194 g/mol. The Bertz CT molecular complexity index is 436. The van der Waals surface area contributed by atoms with Crippen LogP contribution in [0.1, 0.15) is 5.56 Å². The van der Waals surface area contributed by atoms with Crippen LogP contribution in [0.2, 0.25) is 0 Å². The maximum atomic E-state index is 4.29. The molecule has 0 atom stereocenters. The fraction of sp³-hybridized carbons (Fsp3) is 0.200. The number of anilines is 1. The van der Waals surface area contributed by atoms with Crippen molar-refractivity contribution in [2.45, 2.75) is 6.92 Å². The van der Waals surface area contributed by atoms with Gasteiger partial charge in [0.15, 0.2) is 5.82 Å². The SMILES string of the molecule is CNc1nsnc1-c1ccccc1C. The summed E-state index contributed by atoms with van der Waals surface area (Å²) in [5.74, 6) is 0.851. The summed E-state index contributed by atoms with van der Waals surface area (Å²) >= 11 is 1.23. The van der Waals surface area contributed by atoms with Crippen molar-refractivity contribution in [3.63, 3.8) is 0 Å². The molecule has 0 aliphatic heterocycles. The minimum Gasteiger partial charge on any atom is -0.370 e. The Balaban J connectivity index is 2.54. The van der Waals surface area contributed by atoms with Crippen LogP contribution in [0.3, 0.4) is 0 Å². The summed E-state index contributed by atoms with van der Waals surface area (Å²) in [4.78, 5) is 0. The quantitative estimate of drug-likeness (QED) is 0.818. The van der Waals surface area contributed by atoms with Crippen molar-refractivity contribution >= 4 is 17.5 Å². The fourth-order valence-corrected chi connectivity index (χ4v) is 1.93. The predicted octanol–water partition coefficient (Wildman–Crippen LogP) is 2.56. The third-order valence-corrected chi connectivity index (χ3v) is 2.65. The lowest BCUT2D eigenvalue weighted by Gasteiger charge is -2.03. The van der Waals surface area contributed by atoms with Gasteiger partial charge in [-0.25, -0.2) is 0 Å². The van der Waals surface area contributed by atoms with Gasteiger partial charge in [-0.15, -0.1) is 0 Å². The van der Waals surface area contributed by atoms with E-state index in [2.05, 4.69) is 33.1 Å². The van der Waals surface area contributed by atoms with Gasteiger partial charge in [-0.3, -0.25) is 0 Å². The van der Waals surface area contributed by atoms with Crippen molar-refractivity contribution < 1.29 is 0 Å². The zero-order valence-electron chi connectivity index (χ0n) is 8.11. The lowest BCUT2D eigenvalue weighted by atomic mass is 10.1. The summed E-state index contributed by atoms with van der Waals surface area (Å²) in [6.45, 7) is 2.08. The van der Waals surface area contributed by atoms with E-state index < -0.39 is 0 Å². The van der Waals surface area contributed by atoms with E-state index in [1.165, 1.54) is 17.3 Å². The first kappa shape index (κ1) is 9.15. The molecule has 0 bridgehead atoms. The summed E-state index contributed by atoms with van der Waals surface area (Å²) in [5.41, 5.74) is 3.30. The van der Waals surface area contributed by atoms with Crippen LogP contribution in [-0.4, -0.2) is 15.8 Å². The Morgan fingerprint density at radius 2 is 2.00 bits per heavy atom. The van der Waals surface area contributed by atoms with E-state index in [4.69, 9.17) is 0 Å². The molecular formula is C10H11N3S. The highest BCUT2D eigenvalue weighted by Gasteiger charge is 2.10. The van der Waals surface area contributed by atoms with Crippen molar-refractivity contribution in [3.8, 4) is 11.3 Å². The number of hydrogen-bond acceptors (Lipinski definition) is 4. The van der Waals surface area contributed by atoms with E-state index in [0.29, 0.717) is 0 Å². The first-order valence-corrected chi connectivity index (χ1v) is 5.12. The maximum absolute atomic E-state index is 4.29. The number of hydrogen-bond donors (Lipinski definition) is 1. The number of nitrogens with one attached hydrogen (secondary N) is 1. The fourth-order valence-electron chi connectivity index (χ4n) is 1.37. The Morgan fingerprint density at radius 1 is 1.21 bits per heavy atom. The van der Waals surface area contributed by atoms with E-state index >= 15 is 0 Å². The number of benzene rings is 1. The molecule has 0 spiro atoms. The van der Waals surface area contributed by atoms with Crippen LogP contribution in [0.4, 0.5) is 5.82 Å². The Kier molecular flexibility index (Phi) is 2.45. The molecule has 1 aromatic carbocycles. The first-order valence-electron chi connectivity index (χ1n) is 4.39. The van der Waals surface area contributed by atoms with Crippen molar-refractivity contribution in [1.29, 1.82) is 0 Å². The second kappa shape index (κ2) is 3.75. The van der Waals surface area contributed by atoms with Crippen molar-refractivity contribution in [2.24, 2.45) is 0 Å². The van der Waals surface area contributed by atoms with E-state index in [0.717, 1.165) is 17.1 Å². The molecule has 72 valence electrons. The third-order valence-electron chi connectivity index (χ3n) is 2.13. The Hall–Kier alpha value is -1.42. The van der Waals surface area contributed by atoms with Crippen LogP contribution < -0.4 is 5.32 Å². The highest BCUT2D eigenvalue weighted by Crippen LogP contribution is 2.27. The zero-order valence-corrected chi connectivity index (χ0v) is 8.93. The van der Waals surface area contributed by atoms with Crippen LogP contribution in [0.15, 0.2) is 24.3 Å². The second-order valence-electron chi connectivity index (χ2n) is 3.03. The number of aryl methyl sites for hydroxylation is 1. The van der Waals surface area contributed by atoms with Crippen LogP contribution in [-0.2, 0) is 0 Å². The predicted molar refractivity (Wildman–Crippen MR) is 59.6 cm³/mol. The number of rotatable bonds is 2. The van der Waals surface area contributed by atoms with Gasteiger partial charge in [0.05, 0.1) is 11.7 Å². The van der Waals surface area contributed by atoms with Crippen molar-refractivity contribution in [3.05, 3.63) is 29.8 Å². The molecule has 0 saturated heterocycles. The molecule has 1 N–H and O–H groups in total. The van der Waals surface area contributed by atoms with Crippen LogP contribution in [0, 0.1) is 6.92 Å². The molecule has 0 aliphatic rings. The summed E-state index contributed by atoms with van der Waals surface area (Å²) in [6.07, 6.45) is 0.